The minimum Gasteiger partial charge on any atom is -0.314 e. The van der Waals surface area contributed by atoms with Crippen LogP contribution in [0.3, 0.4) is 0 Å². The van der Waals surface area contributed by atoms with Crippen molar-refractivity contribution in [3.8, 4) is 0 Å². The van der Waals surface area contributed by atoms with Gasteiger partial charge in [0.05, 0.1) is 0 Å². The summed E-state index contributed by atoms with van der Waals surface area (Å²) in [7, 11) is 0. The summed E-state index contributed by atoms with van der Waals surface area (Å²) in [6.45, 7) is 10.2. The van der Waals surface area contributed by atoms with Crippen LogP contribution in [0.5, 0.6) is 0 Å². The van der Waals surface area contributed by atoms with Gasteiger partial charge in [-0.3, -0.25) is 0 Å². The average molecular weight is 157 g/mol. The molecule has 1 nitrogen and oxygen atoms in total. The van der Waals surface area contributed by atoms with E-state index in [2.05, 4.69) is 33.0 Å². The molecule has 11 heavy (non-hydrogen) atoms. The quantitative estimate of drug-likeness (QED) is 0.625. The van der Waals surface area contributed by atoms with E-state index in [1.54, 1.807) is 0 Å². The van der Waals surface area contributed by atoms with Gasteiger partial charge < -0.3 is 5.32 Å². The first-order chi connectivity index (χ1) is 5.20. The zero-order valence-electron chi connectivity index (χ0n) is 8.48. The van der Waals surface area contributed by atoms with E-state index in [0.29, 0.717) is 6.04 Å². The number of rotatable bonds is 6. The van der Waals surface area contributed by atoms with Crippen LogP contribution < -0.4 is 5.32 Å². The van der Waals surface area contributed by atoms with Crippen LogP contribution in [-0.4, -0.2) is 12.6 Å². The molecule has 2 atom stereocenters. The van der Waals surface area contributed by atoms with Crippen LogP contribution in [0, 0.1) is 5.92 Å². The van der Waals surface area contributed by atoms with Crippen molar-refractivity contribution in [3.63, 3.8) is 0 Å². The number of hydrogen-bond donors (Lipinski definition) is 1. The lowest BCUT2D eigenvalue weighted by Gasteiger charge is -2.16. The standard InChI is InChI=1S/C10H23N/c1-5-7-11-10(4)8-9(3)6-2/h9-11H,5-8H2,1-4H3. The highest BCUT2D eigenvalue weighted by atomic mass is 14.9. The van der Waals surface area contributed by atoms with E-state index in [1.807, 2.05) is 0 Å². The summed E-state index contributed by atoms with van der Waals surface area (Å²) in [5.74, 6) is 0.870. The summed E-state index contributed by atoms with van der Waals surface area (Å²) < 4.78 is 0. The third-order valence-electron chi connectivity index (χ3n) is 2.20. The molecule has 0 heterocycles. The topological polar surface area (TPSA) is 12.0 Å². The van der Waals surface area contributed by atoms with Crippen molar-refractivity contribution in [3.05, 3.63) is 0 Å². The molecule has 0 aliphatic rings. The Hall–Kier alpha value is -0.0400. The molecule has 0 radical (unpaired) electrons. The fraction of sp³-hybridized carbons (Fsp3) is 1.00. The van der Waals surface area contributed by atoms with Crippen molar-refractivity contribution in [1.29, 1.82) is 0 Å². The van der Waals surface area contributed by atoms with Crippen molar-refractivity contribution < 1.29 is 0 Å². The van der Waals surface area contributed by atoms with Gasteiger partial charge in [-0.2, -0.15) is 0 Å². The Morgan fingerprint density at radius 2 is 1.82 bits per heavy atom. The maximum Gasteiger partial charge on any atom is 0.00412 e. The van der Waals surface area contributed by atoms with E-state index < -0.39 is 0 Å². The molecule has 0 aliphatic carbocycles. The van der Waals surface area contributed by atoms with Crippen molar-refractivity contribution in [2.75, 3.05) is 6.54 Å². The molecule has 0 saturated carbocycles. The number of hydrogen-bond acceptors (Lipinski definition) is 1. The summed E-state index contributed by atoms with van der Waals surface area (Å²) in [5, 5.41) is 3.50. The van der Waals surface area contributed by atoms with Crippen LogP contribution in [0.1, 0.15) is 47.0 Å². The Labute approximate surface area is 71.6 Å². The molecule has 0 aliphatic heterocycles. The van der Waals surface area contributed by atoms with Crippen LogP contribution in [0.15, 0.2) is 0 Å². The van der Waals surface area contributed by atoms with Gasteiger partial charge in [0.2, 0.25) is 0 Å². The van der Waals surface area contributed by atoms with Gasteiger partial charge in [-0.05, 0) is 32.2 Å². The zero-order valence-corrected chi connectivity index (χ0v) is 8.48. The van der Waals surface area contributed by atoms with Gasteiger partial charge in [-0.25, -0.2) is 0 Å². The van der Waals surface area contributed by atoms with Gasteiger partial charge in [0.25, 0.3) is 0 Å². The highest BCUT2D eigenvalue weighted by molar-refractivity contribution is 4.63. The summed E-state index contributed by atoms with van der Waals surface area (Å²) >= 11 is 0. The molecule has 1 heteroatoms. The molecule has 0 aromatic heterocycles. The highest BCUT2D eigenvalue weighted by Crippen LogP contribution is 2.08. The van der Waals surface area contributed by atoms with Crippen molar-refractivity contribution >= 4 is 0 Å². The first-order valence-electron chi connectivity index (χ1n) is 4.94. The number of nitrogens with one attached hydrogen (secondary N) is 1. The second kappa shape index (κ2) is 6.66. The molecule has 68 valence electrons. The molecular formula is C10H23N. The van der Waals surface area contributed by atoms with Gasteiger partial charge >= 0.3 is 0 Å². The third kappa shape index (κ3) is 6.36. The Morgan fingerprint density at radius 1 is 1.18 bits per heavy atom. The van der Waals surface area contributed by atoms with E-state index in [9.17, 15) is 0 Å². The van der Waals surface area contributed by atoms with Gasteiger partial charge in [0, 0.05) is 6.04 Å². The minimum atomic E-state index is 0.699. The van der Waals surface area contributed by atoms with Crippen LogP contribution in [0.4, 0.5) is 0 Å². The van der Waals surface area contributed by atoms with E-state index in [0.717, 1.165) is 12.5 Å². The van der Waals surface area contributed by atoms with E-state index in [4.69, 9.17) is 0 Å². The second-order valence-corrected chi connectivity index (χ2v) is 3.60. The van der Waals surface area contributed by atoms with E-state index >= 15 is 0 Å². The molecule has 0 aromatic rings. The molecule has 0 fully saturated rings. The van der Waals surface area contributed by atoms with E-state index in [-0.39, 0.29) is 0 Å². The Bertz CT molecular complexity index is 80.9. The average Bonchev–Trinajstić information content (AvgIpc) is 2.00. The lowest BCUT2D eigenvalue weighted by Crippen LogP contribution is -2.28. The highest BCUT2D eigenvalue weighted by Gasteiger charge is 2.04. The SMILES string of the molecule is CCCNC(C)CC(C)CC. The molecule has 0 spiro atoms. The molecule has 0 amide bonds. The van der Waals surface area contributed by atoms with Gasteiger partial charge in [-0.15, -0.1) is 0 Å². The predicted molar refractivity (Wildman–Crippen MR) is 51.8 cm³/mol. The van der Waals surface area contributed by atoms with Crippen LogP contribution in [0.25, 0.3) is 0 Å². The lowest BCUT2D eigenvalue weighted by atomic mass is 10.0. The monoisotopic (exact) mass is 157 g/mol. The van der Waals surface area contributed by atoms with Crippen molar-refractivity contribution in [1.82, 2.24) is 5.32 Å². The van der Waals surface area contributed by atoms with Crippen LogP contribution >= 0.6 is 0 Å². The first-order valence-corrected chi connectivity index (χ1v) is 4.94. The second-order valence-electron chi connectivity index (χ2n) is 3.60. The van der Waals surface area contributed by atoms with E-state index in [1.165, 1.54) is 19.3 Å². The molecule has 0 aromatic carbocycles. The van der Waals surface area contributed by atoms with Gasteiger partial charge in [-0.1, -0.05) is 27.2 Å². The zero-order chi connectivity index (χ0) is 8.69. The molecule has 0 rings (SSSR count). The summed E-state index contributed by atoms with van der Waals surface area (Å²) in [6, 6.07) is 0.699. The van der Waals surface area contributed by atoms with Crippen molar-refractivity contribution in [2.24, 2.45) is 5.92 Å². The lowest BCUT2D eigenvalue weighted by molar-refractivity contribution is 0.413. The van der Waals surface area contributed by atoms with Gasteiger partial charge in [0.15, 0.2) is 0 Å². The first kappa shape index (κ1) is 11.0. The van der Waals surface area contributed by atoms with Crippen LogP contribution in [-0.2, 0) is 0 Å². The molecule has 0 bridgehead atoms. The fourth-order valence-electron chi connectivity index (χ4n) is 1.24. The Morgan fingerprint density at radius 3 is 2.27 bits per heavy atom. The Balaban J connectivity index is 3.27. The maximum absolute atomic E-state index is 3.50. The summed E-state index contributed by atoms with van der Waals surface area (Å²) in [6.07, 6.45) is 3.86. The molecule has 2 unspecified atom stereocenters. The largest absolute Gasteiger partial charge is 0.314 e. The Kier molecular flexibility index (Phi) is 6.63. The van der Waals surface area contributed by atoms with Crippen LogP contribution in [0.2, 0.25) is 0 Å². The fourth-order valence-corrected chi connectivity index (χ4v) is 1.24. The molecule has 0 saturated heterocycles. The smallest absolute Gasteiger partial charge is 0.00412 e. The molecule has 1 N–H and O–H groups in total. The van der Waals surface area contributed by atoms with Gasteiger partial charge in [0.1, 0.15) is 0 Å². The third-order valence-corrected chi connectivity index (χ3v) is 2.20. The molecular weight excluding hydrogens is 134 g/mol. The predicted octanol–water partition coefficient (Wildman–Crippen LogP) is 2.81. The maximum atomic E-state index is 3.50. The van der Waals surface area contributed by atoms with Crippen molar-refractivity contribution in [2.45, 2.75) is 53.0 Å². The normalized spacial score (nSPS) is 16.4. The summed E-state index contributed by atoms with van der Waals surface area (Å²) in [5.41, 5.74) is 0. The minimum absolute atomic E-state index is 0.699. The summed E-state index contributed by atoms with van der Waals surface area (Å²) in [4.78, 5) is 0.